The molecule has 0 spiro atoms. The zero-order chi connectivity index (χ0) is 26.3. The smallest absolute Gasteiger partial charge is 0.295 e. The molecule has 0 bridgehead atoms. The molecule has 37 heavy (non-hydrogen) atoms. The van der Waals surface area contributed by atoms with Crippen LogP contribution in [0.4, 0.5) is 10.1 Å². The van der Waals surface area contributed by atoms with Gasteiger partial charge in [-0.3, -0.25) is 14.5 Å². The zero-order valence-electron chi connectivity index (χ0n) is 20.6. The lowest BCUT2D eigenvalue weighted by molar-refractivity contribution is 0.0971. The number of hydrogen-bond acceptors (Lipinski definition) is 5. The number of methoxy groups -OCH3 is 1. The van der Waals surface area contributed by atoms with Crippen molar-refractivity contribution in [1.82, 2.24) is 0 Å². The topological polar surface area (TPSA) is 69.0 Å². The van der Waals surface area contributed by atoms with E-state index in [1.165, 1.54) is 42.3 Å². The number of anilines is 1. The van der Waals surface area contributed by atoms with Gasteiger partial charge < -0.3 is 13.9 Å². The summed E-state index contributed by atoms with van der Waals surface area (Å²) in [5.74, 6) is 0.500. The highest BCUT2D eigenvalue weighted by Crippen LogP contribution is 2.43. The molecule has 3 aromatic carbocycles. The van der Waals surface area contributed by atoms with E-state index < -0.39 is 17.8 Å². The first kappa shape index (κ1) is 24.8. The Morgan fingerprint density at radius 1 is 1.03 bits per heavy atom. The van der Waals surface area contributed by atoms with Crippen molar-refractivity contribution >= 4 is 34.2 Å². The van der Waals surface area contributed by atoms with Crippen LogP contribution < -0.4 is 19.8 Å². The molecule has 190 valence electrons. The Hall–Kier alpha value is -3.84. The molecule has 5 rings (SSSR count). The first-order valence-electron chi connectivity index (χ1n) is 11.9. The molecular formula is C29H25ClFNO5. The second-order valence-electron chi connectivity index (χ2n) is 9.31. The minimum atomic E-state index is -0.841. The zero-order valence-corrected chi connectivity index (χ0v) is 21.3. The van der Waals surface area contributed by atoms with E-state index in [0.717, 1.165) is 6.42 Å². The van der Waals surface area contributed by atoms with Crippen LogP contribution in [0.15, 0.2) is 69.9 Å². The normalized spacial score (nSPS) is 14.9. The molecule has 1 unspecified atom stereocenters. The van der Waals surface area contributed by atoms with Crippen molar-refractivity contribution in [3.8, 4) is 11.5 Å². The third-order valence-corrected chi connectivity index (χ3v) is 6.63. The molecule has 1 atom stereocenters. The van der Waals surface area contributed by atoms with Gasteiger partial charge in [0.05, 0.1) is 30.7 Å². The van der Waals surface area contributed by atoms with Gasteiger partial charge in [-0.15, -0.1) is 0 Å². The molecule has 1 aliphatic rings. The van der Waals surface area contributed by atoms with E-state index in [-0.39, 0.29) is 27.7 Å². The molecule has 0 radical (unpaired) electrons. The number of rotatable bonds is 7. The number of carbonyl (C=O) groups is 1. The molecule has 0 aliphatic carbocycles. The van der Waals surface area contributed by atoms with Gasteiger partial charge in [-0.25, -0.2) is 4.39 Å². The van der Waals surface area contributed by atoms with Crippen molar-refractivity contribution in [3.63, 3.8) is 0 Å². The Balaban J connectivity index is 1.68. The Labute approximate surface area is 218 Å². The molecule has 4 aromatic rings. The number of fused-ring (bicyclic) bond motifs is 2. The average molecular weight is 522 g/mol. The maximum atomic E-state index is 13.7. The average Bonchev–Trinajstić information content (AvgIpc) is 3.17. The van der Waals surface area contributed by atoms with Crippen molar-refractivity contribution in [3.05, 3.63) is 98.6 Å². The van der Waals surface area contributed by atoms with Gasteiger partial charge in [-0.1, -0.05) is 31.5 Å². The van der Waals surface area contributed by atoms with Gasteiger partial charge in [-0.05, 0) is 72.5 Å². The molecule has 0 saturated carbocycles. The molecule has 8 heteroatoms. The molecule has 1 aromatic heterocycles. The van der Waals surface area contributed by atoms with E-state index in [1.807, 2.05) is 0 Å². The van der Waals surface area contributed by atoms with E-state index in [4.69, 9.17) is 25.5 Å². The summed E-state index contributed by atoms with van der Waals surface area (Å²) in [5, 5.41) is 0.645. The summed E-state index contributed by atoms with van der Waals surface area (Å²) in [6.07, 6.45) is 0.879. The maximum absolute atomic E-state index is 13.7. The molecule has 0 N–H and O–H groups in total. The highest BCUT2D eigenvalue weighted by Gasteiger charge is 2.44. The molecular weight excluding hydrogens is 497 g/mol. The summed E-state index contributed by atoms with van der Waals surface area (Å²) < 4.78 is 31.2. The highest BCUT2D eigenvalue weighted by atomic mass is 35.5. The fraction of sp³-hybridized carbons (Fsp3) is 0.241. The SMILES string of the molecule is COc1cc(C2c3c(oc4ccc(Cl)cc4c3=O)C(=O)N2c2ccc(F)cc2)ccc1OCCC(C)C. The third-order valence-electron chi connectivity index (χ3n) is 6.39. The van der Waals surface area contributed by atoms with E-state index in [9.17, 15) is 14.0 Å². The molecule has 6 nitrogen and oxygen atoms in total. The number of amides is 1. The van der Waals surface area contributed by atoms with Gasteiger partial charge >= 0.3 is 0 Å². The fourth-order valence-corrected chi connectivity index (χ4v) is 4.68. The lowest BCUT2D eigenvalue weighted by atomic mass is 9.97. The van der Waals surface area contributed by atoms with Crippen LogP contribution in [0.3, 0.4) is 0 Å². The molecule has 1 aliphatic heterocycles. The second kappa shape index (κ2) is 9.90. The summed E-state index contributed by atoms with van der Waals surface area (Å²) in [4.78, 5) is 28.9. The number of halogens is 2. The third kappa shape index (κ3) is 4.55. The van der Waals surface area contributed by atoms with E-state index in [1.54, 1.807) is 30.3 Å². The van der Waals surface area contributed by atoms with Crippen LogP contribution in [0.1, 0.15) is 48.0 Å². The lowest BCUT2D eigenvalue weighted by Crippen LogP contribution is -2.29. The lowest BCUT2D eigenvalue weighted by Gasteiger charge is -2.26. The number of benzene rings is 3. The van der Waals surface area contributed by atoms with Crippen LogP contribution in [0.25, 0.3) is 11.0 Å². The number of ether oxygens (including phenoxy) is 2. The predicted octanol–water partition coefficient (Wildman–Crippen LogP) is 6.77. The first-order valence-corrected chi connectivity index (χ1v) is 12.3. The number of hydrogen-bond donors (Lipinski definition) is 0. The highest BCUT2D eigenvalue weighted by molar-refractivity contribution is 6.31. The van der Waals surface area contributed by atoms with E-state index in [0.29, 0.717) is 40.3 Å². The van der Waals surface area contributed by atoms with Crippen LogP contribution in [0.2, 0.25) is 5.02 Å². The Morgan fingerprint density at radius 2 is 1.78 bits per heavy atom. The fourth-order valence-electron chi connectivity index (χ4n) is 4.51. The Morgan fingerprint density at radius 3 is 2.49 bits per heavy atom. The first-order chi connectivity index (χ1) is 17.8. The molecule has 0 saturated heterocycles. The van der Waals surface area contributed by atoms with Crippen LogP contribution in [-0.2, 0) is 0 Å². The minimum Gasteiger partial charge on any atom is -0.493 e. The minimum absolute atomic E-state index is 0.0645. The Bertz CT molecular complexity index is 1550. The Kier molecular flexibility index (Phi) is 6.65. The van der Waals surface area contributed by atoms with Gasteiger partial charge in [-0.2, -0.15) is 0 Å². The van der Waals surface area contributed by atoms with Crippen LogP contribution in [0.5, 0.6) is 11.5 Å². The summed E-state index contributed by atoms with van der Waals surface area (Å²) >= 11 is 6.16. The molecule has 0 fully saturated rings. The molecule has 2 heterocycles. The van der Waals surface area contributed by atoms with Crippen molar-refractivity contribution in [2.45, 2.75) is 26.3 Å². The van der Waals surface area contributed by atoms with Gasteiger partial charge in [0.25, 0.3) is 5.91 Å². The van der Waals surface area contributed by atoms with Crippen molar-refractivity contribution in [1.29, 1.82) is 0 Å². The maximum Gasteiger partial charge on any atom is 0.295 e. The largest absolute Gasteiger partial charge is 0.493 e. The van der Waals surface area contributed by atoms with Gasteiger partial charge in [0.1, 0.15) is 11.4 Å². The summed E-state index contributed by atoms with van der Waals surface area (Å²) in [5.41, 5.74) is 1.10. The quantitative estimate of drug-likeness (QED) is 0.268. The monoisotopic (exact) mass is 521 g/mol. The number of nitrogens with zero attached hydrogens (tertiary/aromatic N) is 1. The predicted molar refractivity (Wildman–Crippen MR) is 140 cm³/mol. The van der Waals surface area contributed by atoms with Crippen molar-refractivity contribution in [2.24, 2.45) is 5.92 Å². The van der Waals surface area contributed by atoms with Crippen molar-refractivity contribution in [2.75, 3.05) is 18.6 Å². The van der Waals surface area contributed by atoms with E-state index >= 15 is 0 Å². The summed E-state index contributed by atoms with van der Waals surface area (Å²) in [7, 11) is 1.53. The number of carbonyl (C=O) groups excluding carboxylic acids is 1. The van der Waals surface area contributed by atoms with E-state index in [2.05, 4.69) is 13.8 Å². The van der Waals surface area contributed by atoms with Crippen LogP contribution in [-0.4, -0.2) is 19.6 Å². The molecule has 1 amide bonds. The van der Waals surface area contributed by atoms with Gasteiger partial charge in [0.15, 0.2) is 16.9 Å². The summed E-state index contributed by atoms with van der Waals surface area (Å²) in [6, 6.07) is 14.7. The standard InChI is InChI=1S/C29H25ClFNO5/c1-16(2)12-13-36-23-10-4-17(14-24(23)35-3)26-25-27(33)21-15-18(30)5-11-22(21)37-28(25)29(34)32(26)20-8-6-19(31)7-9-20/h4-11,14-16,26H,12-13H2,1-3H3. The van der Waals surface area contributed by atoms with Gasteiger partial charge in [0, 0.05) is 10.7 Å². The van der Waals surface area contributed by atoms with Gasteiger partial charge in [0.2, 0.25) is 5.76 Å². The van der Waals surface area contributed by atoms with Crippen molar-refractivity contribution < 1.29 is 23.1 Å². The van der Waals surface area contributed by atoms with Crippen LogP contribution >= 0.6 is 11.6 Å². The summed E-state index contributed by atoms with van der Waals surface area (Å²) in [6.45, 7) is 4.76. The van der Waals surface area contributed by atoms with Crippen LogP contribution in [0, 0.1) is 11.7 Å². The second-order valence-corrected chi connectivity index (χ2v) is 9.75.